The molecule has 0 radical (unpaired) electrons. The van der Waals surface area contributed by atoms with E-state index in [1.807, 2.05) is 12.1 Å². The lowest BCUT2D eigenvalue weighted by molar-refractivity contribution is 0.586. The Morgan fingerprint density at radius 1 is 1.17 bits per heavy atom. The van der Waals surface area contributed by atoms with Gasteiger partial charge in [-0.3, -0.25) is 0 Å². The highest BCUT2D eigenvalue weighted by atomic mass is 32.1. The van der Waals surface area contributed by atoms with Crippen LogP contribution < -0.4 is 4.74 Å². The number of hydrogen-bond donors (Lipinski definition) is 0. The molecular formula is C16H14OS. The zero-order valence-electron chi connectivity index (χ0n) is 10.1. The molecule has 0 aliphatic heterocycles. The molecule has 1 aromatic rings. The molecule has 0 amide bonds. The second-order valence-electron chi connectivity index (χ2n) is 4.51. The van der Waals surface area contributed by atoms with E-state index in [1.54, 1.807) is 0 Å². The Morgan fingerprint density at radius 3 is 2.78 bits per heavy atom. The zero-order chi connectivity index (χ0) is 12.4. The highest BCUT2D eigenvalue weighted by Crippen LogP contribution is 2.39. The van der Waals surface area contributed by atoms with Crippen molar-refractivity contribution in [3.05, 3.63) is 59.2 Å². The highest BCUT2D eigenvalue weighted by molar-refractivity contribution is 7.78. The van der Waals surface area contributed by atoms with Crippen molar-refractivity contribution in [2.24, 2.45) is 0 Å². The molecule has 0 saturated heterocycles. The molecule has 0 bridgehead atoms. The van der Waals surface area contributed by atoms with Crippen molar-refractivity contribution in [2.75, 3.05) is 0 Å². The summed E-state index contributed by atoms with van der Waals surface area (Å²) in [7, 11) is 0. The first-order valence-electron chi connectivity index (χ1n) is 6.18. The second-order valence-corrected chi connectivity index (χ2v) is 4.70. The van der Waals surface area contributed by atoms with Gasteiger partial charge in [0.1, 0.15) is 5.75 Å². The van der Waals surface area contributed by atoms with E-state index in [9.17, 15) is 0 Å². The zero-order valence-corrected chi connectivity index (χ0v) is 10.9. The van der Waals surface area contributed by atoms with Crippen LogP contribution in [0, 0.1) is 0 Å². The molecular weight excluding hydrogens is 240 g/mol. The average molecular weight is 254 g/mol. The third-order valence-electron chi connectivity index (χ3n) is 3.47. The van der Waals surface area contributed by atoms with E-state index < -0.39 is 0 Å². The summed E-state index contributed by atoms with van der Waals surface area (Å²) in [5, 5.41) is 0. The van der Waals surface area contributed by atoms with Crippen LogP contribution in [0.25, 0.3) is 5.57 Å². The van der Waals surface area contributed by atoms with E-state index in [-0.39, 0.29) is 0 Å². The summed E-state index contributed by atoms with van der Waals surface area (Å²) in [5.74, 6) is 0.796. The topological polar surface area (TPSA) is 9.23 Å². The van der Waals surface area contributed by atoms with Crippen molar-refractivity contribution < 1.29 is 4.74 Å². The Hall–Kier alpha value is -1.67. The Labute approximate surface area is 112 Å². The van der Waals surface area contributed by atoms with Gasteiger partial charge in [-0.25, -0.2) is 0 Å². The monoisotopic (exact) mass is 254 g/mol. The molecule has 2 aliphatic carbocycles. The molecule has 2 heteroatoms. The Morgan fingerprint density at radius 2 is 2.00 bits per heavy atom. The minimum atomic E-state index is 0.796. The van der Waals surface area contributed by atoms with Gasteiger partial charge in [-0.15, -0.1) is 0 Å². The number of rotatable bonds is 3. The Bertz CT molecular complexity index is 561. The van der Waals surface area contributed by atoms with Gasteiger partial charge >= 0.3 is 0 Å². The minimum absolute atomic E-state index is 0.796. The first-order valence-corrected chi connectivity index (χ1v) is 6.65. The van der Waals surface area contributed by atoms with Crippen LogP contribution in [0.2, 0.25) is 0 Å². The van der Waals surface area contributed by atoms with Gasteiger partial charge in [0.25, 0.3) is 0 Å². The van der Waals surface area contributed by atoms with Crippen LogP contribution in [-0.4, -0.2) is 5.55 Å². The fraction of sp³-hybridized carbons (Fsp3) is 0.188. The van der Waals surface area contributed by atoms with Crippen LogP contribution in [-0.2, 0) is 0 Å². The first kappa shape index (κ1) is 11.4. The lowest BCUT2D eigenvalue weighted by Crippen LogP contribution is -1.93. The summed E-state index contributed by atoms with van der Waals surface area (Å²) in [5.41, 5.74) is 6.95. The molecule has 0 fully saturated rings. The second kappa shape index (κ2) is 4.91. The van der Waals surface area contributed by atoms with E-state index in [1.165, 1.54) is 27.8 Å². The Balaban J connectivity index is 1.89. The van der Waals surface area contributed by atoms with Crippen molar-refractivity contribution in [1.82, 2.24) is 0 Å². The lowest BCUT2D eigenvalue weighted by atomic mass is 9.92. The van der Waals surface area contributed by atoms with Gasteiger partial charge in [0.2, 0.25) is 0 Å². The van der Waals surface area contributed by atoms with E-state index in [0.29, 0.717) is 0 Å². The molecule has 0 heterocycles. The van der Waals surface area contributed by atoms with E-state index in [4.69, 9.17) is 4.74 Å². The molecule has 1 nitrogen and oxygen atoms in total. The van der Waals surface area contributed by atoms with Gasteiger partial charge in [0.05, 0.1) is 0 Å². The molecule has 0 saturated carbocycles. The van der Waals surface area contributed by atoms with Gasteiger partial charge in [-0.2, -0.15) is 0 Å². The van der Waals surface area contributed by atoms with Crippen LogP contribution in [0.4, 0.5) is 0 Å². The summed E-state index contributed by atoms with van der Waals surface area (Å²) < 4.78 is 5.18. The normalized spacial score (nSPS) is 17.4. The van der Waals surface area contributed by atoms with Crippen molar-refractivity contribution in [2.45, 2.75) is 19.3 Å². The fourth-order valence-electron chi connectivity index (χ4n) is 2.61. The average Bonchev–Trinajstić information content (AvgIpc) is 2.84. The molecule has 0 unspecified atom stereocenters. The fourth-order valence-corrected chi connectivity index (χ4v) is 2.72. The summed E-state index contributed by atoms with van der Waals surface area (Å²) in [6, 6.07) is 8.15. The quantitative estimate of drug-likeness (QED) is 0.737. The van der Waals surface area contributed by atoms with Gasteiger partial charge in [-0.05, 0) is 65.9 Å². The maximum absolute atomic E-state index is 5.18. The molecule has 3 rings (SSSR count). The molecule has 1 aromatic carbocycles. The molecule has 90 valence electrons. The molecule has 18 heavy (non-hydrogen) atoms. The largest absolute Gasteiger partial charge is 0.454 e. The maximum atomic E-state index is 5.18. The van der Waals surface area contributed by atoms with Crippen LogP contribution in [0.5, 0.6) is 5.75 Å². The van der Waals surface area contributed by atoms with Crippen LogP contribution in [0.15, 0.2) is 53.6 Å². The molecule has 0 N–H and O–H groups in total. The predicted octanol–water partition coefficient (Wildman–Crippen LogP) is 4.46. The van der Waals surface area contributed by atoms with Crippen molar-refractivity contribution in [3.8, 4) is 5.75 Å². The third-order valence-corrected chi connectivity index (χ3v) is 3.56. The van der Waals surface area contributed by atoms with E-state index >= 15 is 0 Å². The van der Waals surface area contributed by atoms with Crippen LogP contribution >= 0.6 is 12.2 Å². The lowest BCUT2D eigenvalue weighted by Gasteiger charge is -2.13. The summed E-state index contributed by atoms with van der Waals surface area (Å²) >= 11 is 4.68. The molecule has 0 aromatic heterocycles. The van der Waals surface area contributed by atoms with Gasteiger partial charge < -0.3 is 4.74 Å². The molecule has 0 spiro atoms. The third kappa shape index (κ3) is 2.04. The van der Waals surface area contributed by atoms with Gasteiger partial charge in [-0.1, -0.05) is 30.4 Å². The predicted molar refractivity (Wildman–Crippen MR) is 78.7 cm³/mol. The number of thiocarbonyl (C=S) groups is 1. The molecule has 0 atom stereocenters. The molecule has 2 aliphatic rings. The Kier molecular flexibility index (Phi) is 3.11. The van der Waals surface area contributed by atoms with Gasteiger partial charge in [0, 0.05) is 0 Å². The van der Waals surface area contributed by atoms with E-state index in [2.05, 4.69) is 42.6 Å². The van der Waals surface area contributed by atoms with E-state index in [0.717, 1.165) is 25.0 Å². The number of allylic oxidation sites excluding steroid dienone is 6. The number of ether oxygens (including phenoxy) is 1. The van der Waals surface area contributed by atoms with Crippen molar-refractivity contribution >= 4 is 23.3 Å². The summed E-state index contributed by atoms with van der Waals surface area (Å²) in [6.45, 7) is 0. The number of benzene rings is 1. The van der Waals surface area contributed by atoms with Crippen LogP contribution in [0.3, 0.4) is 0 Å². The van der Waals surface area contributed by atoms with Crippen molar-refractivity contribution in [3.63, 3.8) is 0 Å². The van der Waals surface area contributed by atoms with Crippen LogP contribution in [0.1, 0.15) is 24.8 Å². The standard InChI is InChI=1S/C16H14OS/c18-11-17-14-8-5-13(6-9-14)16-10-7-12-3-1-2-4-15(12)16/h1,3,5-6,8-11H,2,4,7H2. The minimum Gasteiger partial charge on any atom is -0.454 e. The first-order chi connectivity index (χ1) is 8.88. The summed E-state index contributed by atoms with van der Waals surface area (Å²) in [6.07, 6.45) is 10.3. The number of hydrogen-bond acceptors (Lipinski definition) is 2. The summed E-state index contributed by atoms with van der Waals surface area (Å²) in [4.78, 5) is 0. The highest BCUT2D eigenvalue weighted by Gasteiger charge is 2.18. The SMILES string of the molecule is S=COc1ccc(C2=CCC3=C2CCC=C3)cc1. The maximum Gasteiger partial charge on any atom is 0.154 e. The van der Waals surface area contributed by atoms with Crippen molar-refractivity contribution in [1.29, 1.82) is 0 Å². The smallest absolute Gasteiger partial charge is 0.154 e. The van der Waals surface area contributed by atoms with Gasteiger partial charge in [0.15, 0.2) is 5.55 Å².